The molecule has 0 unspecified atom stereocenters. The van der Waals surface area contributed by atoms with Gasteiger partial charge in [0.1, 0.15) is 22.3 Å². The molecule has 5 nitrogen and oxygen atoms in total. The first kappa shape index (κ1) is 17.2. The highest BCUT2D eigenvalue weighted by atomic mass is 35.5. The molecule has 1 aliphatic rings. The molecule has 140 valence electrons. The van der Waals surface area contributed by atoms with E-state index in [0.717, 1.165) is 41.0 Å². The molecule has 0 spiro atoms. The molecule has 5 rings (SSSR count). The summed E-state index contributed by atoms with van der Waals surface area (Å²) in [7, 11) is 0. The van der Waals surface area contributed by atoms with E-state index in [1.54, 1.807) is 12.3 Å². The Bertz CT molecular complexity index is 1260. The van der Waals surface area contributed by atoms with E-state index >= 15 is 0 Å². The Morgan fingerprint density at radius 2 is 1.96 bits per heavy atom. The van der Waals surface area contributed by atoms with Crippen molar-refractivity contribution in [1.82, 2.24) is 15.0 Å². The molecule has 0 aliphatic heterocycles. The Hall–Kier alpha value is -2.92. The molecule has 0 amide bonds. The van der Waals surface area contributed by atoms with Crippen molar-refractivity contribution < 1.29 is 4.42 Å². The van der Waals surface area contributed by atoms with E-state index in [1.165, 1.54) is 0 Å². The van der Waals surface area contributed by atoms with Gasteiger partial charge in [-0.1, -0.05) is 11.6 Å². The Balaban J connectivity index is 1.83. The van der Waals surface area contributed by atoms with Crippen molar-refractivity contribution in [2.45, 2.75) is 32.6 Å². The fourth-order valence-corrected chi connectivity index (χ4v) is 3.87. The van der Waals surface area contributed by atoms with Crippen LogP contribution in [0.15, 0.2) is 45.7 Å². The number of hydrogen-bond acceptors (Lipinski definition) is 4. The van der Waals surface area contributed by atoms with Crippen LogP contribution in [0.25, 0.3) is 33.6 Å². The minimum Gasteiger partial charge on any atom is -0.460 e. The lowest BCUT2D eigenvalue weighted by Gasteiger charge is -2.11. The summed E-state index contributed by atoms with van der Waals surface area (Å²) in [6, 6.07) is 9.40. The summed E-state index contributed by atoms with van der Waals surface area (Å²) in [5, 5.41) is 0.981. The second-order valence-corrected chi connectivity index (χ2v) is 7.75. The molecule has 1 aliphatic carbocycles. The van der Waals surface area contributed by atoms with E-state index in [4.69, 9.17) is 21.0 Å². The molecular weight excluding hydrogens is 374 g/mol. The maximum absolute atomic E-state index is 13.1. The van der Waals surface area contributed by atoms with Crippen LogP contribution in [0.5, 0.6) is 0 Å². The van der Waals surface area contributed by atoms with Gasteiger partial charge in [-0.05, 0) is 68.5 Å². The standard InChI is InChI=1S/C22H18ClN3O2/c1-11-7-14(8-19(23)25-11)15-9-16-21(27)17(13-4-5-13)10-24-22(16)26-20(15)18-6-3-12(2)28-18/h3,6-10,13H,4-5H2,1-2H3,(H,24,26,27). The fourth-order valence-electron chi connectivity index (χ4n) is 3.61. The highest BCUT2D eigenvalue weighted by Crippen LogP contribution is 2.39. The molecule has 1 N–H and O–H groups in total. The van der Waals surface area contributed by atoms with Gasteiger partial charge in [0.2, 0.25) is 0 Å². The maximum atomic E-state index is 13.1. The van der Waals surface area contributed by atoms with Crippen LogP contribution in [0.3, 0.4) is 0 Å². The van der Waals surface area contributed by atoms with Gasteiger partial charge in [-0.15, -0.1) is 0 Å². The van der Waals surface area contributed by atoms with Gasteiger partial charge in [-0.3, -0.25) is 4.79 Å². The lowest BCUT2D eigenvalue weighted by Crippen LogP contribution is -2.10. The second kappa shape index (κ2) is 6.31. The number of hydrogen-bond donors (Lipinski definition) is 1. The van der Waals surface area contributed by atoms with Gasteiger partial charge in [0, 0.05) is 23.0 Å². The first-order chi connectivity index (χ1) is 13.5. The molecule has 0 bridgehead atoms. The summed E-state index contributed by atoms with van der Waals surface area (Å²) in [5.41, 5.74) is 4.55. The number of H-pyrrole nitrogens is 1. The van der Waals surface area contributed by atoms with Crippen LogP contribution in [-0.2, 0) is 0 Å². The number of aryl methyl sites for hydroxylation is 2. The molecule has 0 saturated heterocycles. The first-order valence-corrected chi connectivity index (χ1v) is 9.65. The van der Waals surface area contributed by atoms with E-state index in [9.17, 15) is 4.79 Å². The third-order valence-electron chi connectivity index (χ3n) is 5.12. The largest absolute Gasteiger partial charge is 0.460 e. The number of nitrogens with one attached hydrogen (secondary N) is 1. The van der Waals surface area contributed by atoms with Gasteiger partial charge in [0.15, 0.2) is 11.2 Å². The summed E-state index contributed by atoms with van der Waals surface area (Å²) in [6.07, 6.45) is 3.94. The molecular formula is C22H18ClN3O2. The molecule has 28 heavy (non-hydrogen) atoms. The Morgan fingerprint density at radius 1 is 1.14 bits per heavy atom. The van der Waals surface area contributed by atoms with Gasteiger partial charge < -0.3 is 9.40 Å². The predicted molar refractivity (Wildman–Crippen MR) is 110 cm³/mol. The normalized spacial score (nSPS) is 14.0. The van der Waals surface area contributed by atoms with Crippen molar-refractivity contribution in [2.24, 2.45) is 0 Å². The van der Waals surface area contributed by atoms with Crippen LogP contribution in [-0.4, -0.2) is 15.0 Å². The van der Waals surface area contributed by atoms with E-state index < -0.39 is 0 Å². The van der Waals surface area contributed by atoms with Crippen molar-refractivity contribution in [3.8, 4) is 22.6 Å². The lowest BCUT2D eigenvalue weighted by molar-refractivity contribution is 0.547. The SMILES string of the molecule is Cc1cc(-c2cc3c(=O)c(C4CC4)c[nH]c3nc2-c2ccc(C)o2)cc(Cl)n1. The summed E-state index contributed by atoms with van der Waals surface area (Å²) in [5.74, 6) is 1.80. The van der Waals surface area contributed by atoms with Crippen molar-refractivity contribution in [1.29, 1.82) is 0 Å². The van der Waals surface area contributed by atoms with Crippen LogP contribution < -0.4 is 5.43 Å². The third-order valence-corrected chi connectivity index (χ3v) is 5.31. The number of fused-ring (bicyclic) bond motifs is 1. The second-order valence-electron chi connectivity index (χ2n) is 7.36. The summed E-state index contributed by atoms with van der Waals surface area (Å²) < 4.78 is 5.84. The minimum atomic E-state index is 0.0454. The summed E-state index contributed by atoms with van der Waals surface area (Å²) in [4.78, 5) is 25.3. The molecule has 1 fully saturated rings. The van der Waals surface area contributed by atoms with Crippen molar-refractivity contribution in [2.75, 3.05) is 0 Å². The van der Waals surface area contributed by atoms with E-state index in [2.05, 4.69) is 9.97 Å². The molecule has 0 radical (unpaired) electrons. The molecule has 0 atom stereocenters. The zero-order valence-corrected chi connectivity index (χ0v) is 16.3. The highest BCUT2D eigenvalue weighted by Gasteiger charge is 2.27. The van der Waals surface area contributed by atoms with E-state index in [1.807, 2.05) is 38.1 Å². The monoisotopic (exact) mass is 391 g/mol. The van der Waals surface area contributed by atoms with Gasteiger partial charge >= 0.3 is 0 Å². The number of nitrogens with zero attached hydrogens (tertiary/aromatic N) is 2. The average molecular weight is 392 g/mol. The summed E-state index contributed by atoms with van der Waals surface area (Å²) in [6.45, 7) is 3.78. The zero-order chi connectivity index (χ0) is 19.4. The lowest BCUT2D eigenvalue weighted by atomic mass is 10.0. The summed E-state index contributed by atoms with van der Waals surface area (Å²) >= 11 is 6.20. The van der Waals surface area contributed by atoms with Crippen LogP contribution in [0.1, 0.15) is 35.8 Å². The van der Waals surface area contributed by atoms with Gasteiger partial charge in [-0.2, -0.15) is 0 Å². The number of furan rings is 1. The quantitative estimate of drug-likeness (QED) is 0.475. The predicted octanol–water partition coefficient (Wildman–Crippen LogP) is 5.39. The zero-order valence-electron chi connectivity index (χ0n) is 15.5. The number of rotatable bonds is 3. The molecule has 1 saturated carbocycles. The topological polar surface area (TPSA) is 71.8 Å². The van der Waals surface area contributed by atoms with Crippen molar-refractivity contribution in [3.05, 3.63) is 68.9 Å². The van der Waals surface area contributed by atoms with Gasteiger partial charge in [0.05, 0.1) is 5.39 Å². The van der Waals surface area contributed by atoms with E-state index in [-0.39, 0.29) is 5.43 Å². The number of pyridine rings is 3. The minimum absolute atomic E-state index is 0.0454. The third kappa shape index (κ3) is 2.92. The van der Waals surface area contributed by atoms with Gasteiger partial charge in [0.25, 0.3) is 0 Å². The Morgan fingerprint density at radius 3 is 2.64 bits per heavy atom. The van der Waals surface area contributed by atoms with Crippen LogP contribution >= 0.6 is 11.6 Å². The highest BCUT2D eigenvalue weighted by molar-refractivity contribution is 6.29. The first-order valence-electron chi connectivity index (χ1n) is 9.27. The van der Waals surface area contributed by atoms with Crippen molar-refractivity contribution in [3.63, 3.8) is 0 Å². The van der Waals surface area contributed by atoms with E-state index in [0.29, 0.717) is 33.6 Å². The Kier molecular flexibility index (Phi) is 3.88. The molecule has 4 aromatic rings. The van der Waals surface area contributed by atoms with Crippen LogP contribution in [0.2, 0.25) is 5.15 Å². The number of aromatic nitrogens is 3. The number of aromatic amines is 1. The maximum Gasteiger partial charge on any atom is 0.194 e. The van der Waals surface area contributed by atoms with Crippen LogP contribution in [0.4, 0.5) is 0 Å². The smallest absolute Gasteiger partial charge is 0.194 e. The molecule has 4 aromatic heterocycles. The van der Waals surface area contributed by atoms with Gasteiger partial charge in [-0.25, -0.2) is 9.97 Å². The molecule has 0 aromatic carbocycles. The Labute approximate surface area is 166 Å². The van der Waals surface area contributed by atoms with Crippen LogP contribution in [0, 0.1) is 13.8 Å². The average Bonchev–Trinajstić information content (AvgIpc) is 3.40. The van der Waals surface area contributed by atoms with Crippen molar-refractivity contribution >= 4 is 22.6 Å². The molecule has 4 heterocycles. The fraction of sp³-hybridized carbons (Fsp3) is 0.227. The molecule has 6 heteroatoms. The number of halogens is 1.